The fraction of sp³-hybridized carbons (Fsp3) is 0.618. The van der Waals surface area contributed by atoms with Gasteiger partial charge in [0.2, 0.25) is 10.0 Å². The van der Waals surface area contributed by atoms with E-state index < -0.39 is 16.1 Å². The SMILES string of the molecule is CCCCNC(=O)NS(=O)(=O)CCCCCOc1ccc([C@H]2C[C@@]3(C)C(CC[C@@H]3O)C3CCc4cc(O)ccc4C32)cc1. The van der Waals surface area contributed by atoms with Crippen LogP contribution in [0.2, 0.25) is 0 Å². The maximum atomic E-state index is 12.1. The molecule has 4 N–H and O–H groups in total. The van der Waals surface area contributed by atoms with Gasteiger partial charge in [0, 0.05) is 6.54 Å². The van der Waals surface area contributed by atoms with Gasteiger partial charge in [0.1, 0.15) is 11.5 Å². The number of unbranched alkanes of at least 4 members (excludes halogenated alkanes) is 3. The van der Waals surface area contributed by atoms with E-state index in [-0.39, 0.29) is 23.2 Å². The topological polar surface area (TPSA) is 125 Å². The molecule has 6 atom stereocenters. The van der Waals surface area contributed by atoms with Crippen LogP contribution in [0.4, 0.5) is 4.79 Å². The lowest BCUT2D eigenvalue weighted by molar-refractivity contribution is -0.0323. The molecule has 2 fully saturated rings. The van der Waals surface area contributed by atoms with E-state index in [1.165, 1.54) is 16.7 Å². The molecule has 8 nitrogen and oxygen atoms in total. The smallest absolute Gasteiger partial charge is 0.328 e. The van der Waals surface area contributed by atoms with Crippen molar-refractivity contribution in [3.63, 3.8) is 0 Å². The number of phenolic OH excluding ortho intramolecular Hbond substituents is 1. The average Bonchev–Trinajstić information content (AvgIpc) is 3.28. The van der Waals surface area contributed by atoms with Gasteiger partial charge < -0.3 is 20.3 Å². The van der Waals surface area contributed by atoms with E-state index in [1.807, 2.05) is 31.2 Å². The third kappa shape index (κ3) is 7.14. The van der Waals surface area contributed by atoms with E-state index >= 15 is 0 Å². The summed E-state index contributed by atoms with van der Waals surface area (Å²) in [5.41, 5.74) is 3.79. The molecule has 2 saturated carbocycles. The molecule has 5 rings (SSSR count). The molecule has 3 unspecified atom stereocenters. The molecule has 0 saturated heterocycles. The highest BCUT2D eigenvalue weighted by Gasteiger charge is 2.57. The van der Waals surface area contributed by atoms with Crippen molar-refractivity contribution in [1.29, 1.82) is 0 Å². The molecule has 9 heteroatoms. The Hall–Kier alpha value is -2.78. The van der Waals surface area contributed by atoms with Gasteiger partial charge in [0.25, 0.3) is 0 Å². The highest BCUT2D eigenvalue weighted by atomic mass is 32.2. The molecule has 0 heterocycles. The summed E-state index contributed by atoms with van der Waals surface area (Å²) in [4.78, 5) is 11.7. The number of aromatic hydroxyl groups is 1. The standard InChI is InChI=1S/C34H48N2O6S/c1-3-4-18-35-33(39)36-43(40,41)20-7-5-6-19-42-26-12-8-23(9-13-26)29-22-34(2)30(16-17-31(34)38)28-14-10-24-21-25(37)11-15-27(24)32(28)29/h8-9,11-13,15,21,28-32,37-38H,3-7,10,14,16-20,22H2,1-2H3,(H2,35,36,39)/t28?,29-,30?,31+,32?,34+/m1/s1. The first kappa shape index (κ1) is 31.6. The quantitative estimate of drug-likeness (QED) is 0.219. The molecule has 0 aliphatic heterocycles. The Morgan fingerprint density at radius 2 is 1.84 bits per heavy atom. The van der Waals surface area contributed by atoms with Crippen LogP contribution in [0.5, 0.6) is 11.5 Å². The van der Waals surface area contributed by atoms with E-state index in [0.717, 1.165) is 50.7 Å². The van der Waals surface area contributed by atoms with E-state index in [0.29, 0.717) is 55.9 Å². The van der Waals surface area contributed by atoms with Crippen LogP contribution in [0.1, 0.15) is 100 Å². The van der Waals surface area contributed by atoms with Gasteiger partial charge in [-0.05, 0) is 128 Å². The summed E-state index contributed by atoms with van der Waals surface area (Å²) >= 11 is 0. The van der Waals surface area contributed by atoms with Crippen molar-refractivity contribution in [1.82, 2.24) is 10.0 Å². The Bertz CT molecular complexity index is 1360. The maximum Gasteiger partial charge on any atom is 0.328 e. The van der Waals surface area contributed by atoms with Crippen LogP contribution in [-0.2, 0) is 16.4 Å². The van der Waals surface area contributed by atoms with Crippen molar-refractivity contribution in [2.24, 2.45) is 17.3 Å². The van der Waals surface area contributed by atoms with Crippen molar-refractivity contribution in [3.05, 3.63) is 59.2 Å². The summed E-state index contributed by atoms with van der Waals surface area (Å²) in [7, 11) is -3.65. The van der Waals surface area contributed by atoms with Gasteiger partial charge in [-0.2, -0.15) is 0 Å². The lowest BCUT2D eigenvalue weighted by Crippen LogP contribution is -2.47. The summed E-state index contributed by atoms with van der Waals surface area (Å²) in [5.74, 6) is 2.70. The second kappa shape index (κ2) is 13.5. The number of phenols is 1. The zero-order valence-corrected chi connectivity index (χ0v) is 26.4. The van der Waals surface area contributed by atoms with Gasteiger partial charge in [0.15, 0.2) is 0 Å². The minimum atomic E-state index is -3.65. The number of nitrogens with one attached hydrogen (secondary N) is 2. The molecule has 0 bridgehead atoms. The summed E-state index contributed by atoms with van der Waals surface area (Å²) in [6, 6.07) is 13.6. The Morgan fingerprint density at radius 1 is 1.05 bits per heavy atom. The van der Waals surface area contributed by atoms with Crippen LogP contribution < -0.4 is 14.8 Å². The fourth-order valence-electron chi connectivity index (χ4n) is 8.17. The normalized spacial score (nSPS) is 27.9. The summed E-state index contributed by atoms with van der Waals surface area (Å²) in [5, 5.41) is 23.8. The molecule has 43 heavy (non-hydrogen) atoms. The van der Waals surface area contributed by atoms with Crippen LogP contribution in [-0.4, -0.2) is 49.7 Å². The number of rotatable bonds is 12. The number of amides is 2. The Balaban J connectivity index is 1.16. The van der Waals surface area contributed by atoms with E-state index in [2.05, 4.69) is 35.2 Å². The highest BCUT2D eigenvalue weighted by molar-refractivity contribution is 7.90. The number of carbonyl (C=O) groups excluding carboxylic acids is 1. The first-order valence-corrected chi connectivity index (χ1v) is 17.8. The summed E-state index contributed by atoms with van der Waals surface area (Å²) in [6.07, 6.45) is 8.29. The monoisotopic (exact) mass is 612 g/mol. The second-order valence-corrected chi connectivity index (χ2v) is 15.0. The number of ether oxygens (including phenoxy) is 1. The van der Waals surface area contributed by atoms with Gasteiger partial charge in [-0.15, -0.1) is 0 Å². The number of aliphatic hydroxyl groups is 1. The lowest BCUT2D eigenvalue weighted by atomic mass is 9.51. The minimum Gasteiger partial charge on any atom is -0.508 e. The van der Waals surface area contributed by atoms with Crippen LogP contribution in [0, 0.1) is 17.3 Å². The summed E-state index contributed by atoms with van der Waals surface area (Å²) in [6.45, 7) is 5.25. The molecule has 0 aromatic heterocycles. The first-order valence-electron chi connectivity index (χ1n) is 16.1. The lowest BCUT2D eigenvalue weighted by Gasteiger charge is -2.54. The van der Waals surface area contributed by atoms with Crippen molar-refractivity contribution in [3.8, 4) is 11.5 Å². The molecular weight excluding hydrogens is 564 g/mol. The molecular formula is C34H48N2O6S. The number of hydrogen-bond donors (Lipinski definition) is 4. The third-order valence-electron chi connectivity index (χ3n) is 10.4. The van der Waals surface area contributed by atoms with Gasteiger partial charge >= 0.3 is 6.03 Å². The average molecular weight is 613 g/mol. The van der Waals surface area contributed by atoms with E-state index in [9.17, 15) is 23.4 Å². The van der Waals surface area contributed by atoms with Gasteiger partial charge in [-0.25, -0.2) is 17.9 Å². The second-order valence-electron chi connectivity index (χ2n) is 13.1. The van der Waals surface area contributed by atoms with Crippen molar-refractivity contribution < 1.29 is 28.2 Å². The molecule has 3 aliphatic rings. The van der Waals surface area contributed by atoms with E-state index in [1.54, 1.807) is 0 Å². The Morgan fingerprint density at radius 3 is 2.60 bits per heavy atom. The largest absolute Gasteiger partial charge is 0.508 e. The number of carbonyl (C=O) groups is 1. The van der Waals surface area contributed by atoms with Crippen LogP contribution in [0.3, 0.4) is 0 Å². The molecule has 2 aromatic carbocycles. The number of aryl methyl sites for hydroxylation is 1. The number of hydrogen-bond acceptors (Lipinski definition) is 6. The van der Waals surface area contributed by atoms with Crippen LogP contribution in [0.25, 0.3) is 0 Å². The number of sulfonamides is 1. The Kier molecular flexibility index (Phi) is 9.91. The minimum absolute atomic E-state index is 0.0860. The van der Waals surface area contributed by atoms with E-state index in [4.69, 9.17) is 4.74 Å². The van der Waals surface area contributed by atoms with Crippen molar-refractivity contribution in [2.75, 3.05) is 18.9 Å². The molecule has 3 aliphatic carbocycles. The summed E-state index contributed by atoms with van der Waals surface area (Å²) < 4.78 is 32.3. The van der Waals surface area contributed by atoms with Crippen molar-refractivity contribution >= 4 is 16.1 Å². The number of urea groups is 1. The molecule has 0 radical (unpaired) electrons. The number of aliphatic hydroxyl groups excluding tert-OH is 1. The fourth-order valence-corrected chi connectivity index (χ4v) is 9.21. The maximum absolute atomic E-state index is 12.1. The zero-order valence-electron chi connectivity index (χ0n) is 25.6. The molecule has 236 valence electrons. The Labute approximate surface area is 256 Å². The number of fused-ring (bicyclic) bond motifs is 5. The molecule has 2 amide bonds. The van der Waals surface area contributed by atoms with Gasteiger partial charge in [-0.3, -0.25) is 0 Å². The zero-order chi connectivity index (χ0) is 30.6. The predicted molar refractivity (Wildman–Crippen MR) is 168 cm³/mol. The van der Waals surface area contributed by atoms with Crippen LogP contribution >= 0.6 is 0 Å². The first-order chi connectivity index (χ1) is 20.6. The van der Waals surface area contributed by atoms with Crippen LogP contribution in [0.15, 0.2) is 42.5 Å². The van der Waals surface area contributed by atoms with Crippen molar-refractivity contribution in [2.45, 2.75) is 96.0 Å². The van der Waals surface area contributed by atoms with Gasteiger partial charge in [-0.1, -0.05) is 38.5 Å². The molecule has 2 aromatic rings. The highest BCUT2D eigenvalue weighted by Crippen LogP contribution is 2.65. The predicted octanol–water partition coefficient (Wildman–Crippen LogP) is 5.98. The number of benzene rings is 2. The third-order valence-corrected chi connectivity index (χ3v) is 11.7. The molecule has 0 spiro atoms. The van der Waals surface area contributed by atoms with Gasteiger partial charge in [0.05, 0.1) is 18.5 Å².